The minimum atomic E-state index is -0.505. The summed E-state index contributed by atoms with van der Waals surface area (Å²) in [4.78, 5) is 25.3. The molecule has 2 rings (SSSR count). The lowest BCUT2D eigenvalue weighted by Gasteiger charge is -2.35. The van der Waals surface area contributed by atoms with Gasteiger partial charge in [0, 0.05) is 24.6 Å². The van der Waals surface area contributed by atoms with Gasteiger partial charge in [-0.2, -0.15) is 0 Å². The van der Waals surface area contributed by atoms with E-state index in [9.17, 15) is 14.7 Å². The van der Waals surface area contributed by atoms with Crippen LogP contribution in [0.4, 0.5) is 4.79 Å². The molecule has 0 aromatic heterocycles. The van der Waals surface area contributed by atoms with Crippen molar-refractivity contribution in [3.8, 4) is 5.75 Å². The van der Waals surface area contributed by atoms with Gasteiger partial charge in [0.2, 0.25) is 0 Å². The predicted molar refractivity (Wildman–Crippen MR) is 87.4 cm³/mol. The van der Waals surface area contributed by atoms with Crippen LogP contribution in [0.3, 0.4) is 0 Å². The van der Waals surface area contributed by atoms with Crippen LogP contribution < -0.4 is 0 Å². The molecule has 0 spiro atoms. The van der Waals surface area contributed by atoms with E-state index < -0.39 is 5.60 Å². The van der Waals surface area contributed by atoms with Gasteiger partial charge in [0.05, 0.1) is 0 Å². The summed E-state index contributed by atoms with van der Waals surface area (Å²) < 4.78 is 5.38. The first kappa shape index (κ1) is 17.3. The topological polar surface area (TPSA) is 66.8 Å². The van der Waals surface area contributed by atoms with E-state index in [0.717, 1.165) is 19.1 Å². The summed E-state index contributed by atoms with van der Waals surface area (Å²) in [6, 6.07) is 6.95. The lowest BCUT2D eigenvalue weighted by Crippen LogP contribution is -2.42. The Balaban J connectivity index is 1.99. The first-order valence-electron chi connectivity index (χ1n) is 8.03. The van der Waals surface area contributed by atoms with Crippen LogP contribution in [-0.4, -0.2) is 41.1 Å². The van der Waals surface area contributed by atoms with Gasteiger partial charge in [-0.25, -0.2) is 4.79 Å². The molecule has 1 aliphatic rings. The molecule has 0 aliphatic carbocycles. The van der Waals surface area contributed by atoms with Crippen LogP contribution in [-0.2, 0) is 9.53 Å². The van der Waals surface area contributed by atoms with Gasteiger partial charge in [0.1, 0.15) is 17.6 Å². The molecule has 5 nitrogen and oxygen atoms in total. The third kappa shape index (κ3) is 4.47. The molecule has 0 saturated carbocycles. The molecule has 1 aliphatic heterocycles. The Morgan fingerprint density at radius 2 is 1.91 bits per heavy atom. The van der Waals surface area contributed by atoms with E-state index in [1.54, 1.807) is 23.1 Å². The zero-order chi connectivity index (χ0) is 17.0. The number of amides is 1. The largest absolute Gasteiger partial charge is 0.508 e. The van der Waals surface area contributed by atoms with Crippen molar-refractivity contribution < 1.29 is 19.4 Å². The van der Waals surface area contributed by atoms with Crippen molar-refractivity contribution in [1.29, 1.82) is 0 Å². The number of benzene rings is 1. The van der Waals surface area contributed by atoms with Crippen LogP contribution in [0.25, 0.3) is 0 Å². The molecule has 1 saturated heterocycles. The highest BCUT2D eigenvalue weighted by atomic mass is 16.6. The molecular weight excluding hydrogens is 294 g/mol. The second kappa shape index (κ2) is 7.02. The molecule has 1 aromatic rings. The number of rotatable bonds is 3. The van der Waals surface area contributed by atoms with E-state index in [4.69, 9.17) is 4.74 Å². The van der Waals surface area contributed by atoms with Crippen LogP contribution in [0.2, 0.25) is 0 Å². The molecule has 1 aromatic carbocycles. The second-order valence-electron chi connectivity index (χ2n) is 7.03. The Labute approximate surface area is 137 Å². The van der Waals surface area contributed by atoms with E-state index in [0.29, 0.717) is 18.7 Å². The number of aromatic hydroxyl groups is 1. The Kier molecular flexibility index (Phi) is 5.29. The number of ether oxygens (including phenoxy) is 1. The summed E-state index contributed by atoms with van der Waals surface area (Å²) in [6.07, 6.45) is 2.04. The predicted octanol–water partition coefficient (Wildman–Crippen LogP) is 3.32. The quantitative estimate of drug-likeness (QED) is 0.868. The van der Waals surface area contributed by atoms with Crippen LogP contribution in [0, 0.1) is 5.92 Å². The van der Waals surface area contributed by atoms with Gasteiger partial charge in [0.25, 0.3) is 0 Å². The number of hydrogen-bond donors (Lipinski definition) is 1. The summed E-state index contributed by atoms with van der Waals surface area (Å²) in [5, 5.41) is 9.97. The highest BCUT2D eigenvalue weighted by Crippen LogP contribution is 2.35. The summed E-state index contributed by atoms with van der Waals surface area (Å²) in [6.45, 7) is 6.67. The standard InChI is InChI=1S/C18H25NO4/c1-18(2,3)23-17(22)19-10-8-13(9-11-19)15(12-20)14-6-4-5-7-16(14)21/h4-7,12-13,15,21H,8-11H2,1-3H3. The third-order valence-corrected chi connectivity index (χ3v) is 4.14. The molecule has 0 radical (unpaired) electrons. The smallest absolute Gasteiger partial charge is 0.410 e. The lowest BCUT2D eigenvalue weighted by molar-refractivity contribution is -0.110. The molecule has 5 heteroatoms. The molecule has 23 heavy (non-hydrogen) atoms. The Bertz CT molecular complexity index is 556. The SMILES string of the molecule is CC(C)(C)OC(=O)N1CCC(C(C=O)c2ccccc2O)CC1. The number of piperidine rings is 1. The number of carbonyl (C=O) groups is 2. The fourth-order valence-corrected chi connectivity index (χ4v) is 2.98. The first-order valence-corrected chi connectivity index (χ1v) is 8.03. The molecule has 1 amide bonds. The third-order valence-electron chi connectivity index (χ3n) is 4.14. The zero-order valence-corrected chi connectivity index (χ0v) is 14.0. The van der Waals surface area contributed by atoms with E-state index >= 15 is 0 Å². The van der Waals surface area contributed by atoms with Gasteiger partial charge in [-0.15, -0.1) is 0 Å². The molecule has 1 fully saturated rings. The zero-order valence-electron chi connectivity index (χ0n) is 14.0. The van der Waals surface area contributed by atoms with Crippen molar-refractivity contribution in [1.82, 2.24) is 4.90 Å². The molecule has 1 N–H and O–H groups in total. The maximum atomic E-state index is 12.1. The van der Waals surface area contributed by atoms with Gasteiger partial charge < -0.3 is 19.5 Å². The van der Waals surface area contributed by atoms with E-state index in [1.165, 1.54) is 0 Å². The monoisotopic (exact) mass is 319 g/mol. The Morgan fingerprint density at radius 3 is 2.43 bits per heavy atom. The molecule has 1 unspecified atom stereocenters. The minimum absolute atomic E-state index is 0.125. The van der Waals surface area contributed by atoms with Crippen LogP contribution in [0.15, 0.2) is 24.3 Å². The van der Waals surface area contributed by atoms with Gasteiger partial charge in [-0.1, -0.05) is 18.2 Å². The number of phenolic OH excluding ortho intramolecular Hbond substituents is 1. The van der Waals surface area contributed by atoms with Crippen molar-refractivity contribution in [2.24, 2.45) is 5.92 Å². The van der Waals surface area contributed by atoms with Crippen molar-refractivity contribution in [3.05, 3.63) is 29.8 Å². The van der Waals surface area contributed by atoms with Crippen molar-refractivity contribution in [2.45, 2.75) is 45.1 Å². The fourth-order valence-electron chi connectivity index (χ4n) is 2.98. The normalized spacial score (nSPS) is 17.6. The Hall–Kier alpha value is -2.04. The van der Waals surface area contributed by atoms with Gasteiger partial charge in [0.15, 0.2) is 0 Å². The van der Waals surface area contributed by atoms with E-state index in [-0.39, 0.29) is 23.7 Å². The molecule has 1 heterocycles. The van der Waals surface area contributed by atoms with E-state index in [2.05, 4.69) is 0 Å². The molecule has 0 bridgehead atoms. The van der Waals surface area contributed by atoms with Crippen LogP contribution in [0.5, 0.6) is 5.75 Å². The van der Waals surface area contributed by atoms with Crippen molar-refractivity contribution >= 4 is 12.4 Å². The second-order valence-corrected chi connectivity index (χ2v) is 7.03. The van der Waals surface area contributed by atoms with Crippen molar-refractivity contribution in [3.63, 3.8) is 0 Å². The fraction of sp³-hybridized carbons (Fsp3) is 0.556. The van der Waals surface area contributed by atoms with Gasteiger partial charge >= 0.3 is 6.09 Å². The Morgan fingerprint density at radius 1 is 1.30 bits per heavy atom. The number of nitrogens with zero attached hydrogens (tertiary/aromatic N) is 1. The van der Waals surface area contributed by atoms with Crippen molar-refractivity contribution in [2.75, 3.05) is 13.1 Å². The van der Waals surface area contributed by atoms with E-state index in [1.807, 2.05) is 26.8 Å². The average molecular weight is 319 g/mol. The van der Waals surface area contributed by atoms with Crippen LogP contribution in [0.1, 0.15) is 45.1 Å². The lowest BCUT2D eigenvalue weighted by atomic mass is 9.80. The number of aldehydes is 1. The maximum absolute atomic E-state index is 12.1. The molecule has 126 valence electrons. The van der Waals surface area contributed by atoms with Gasteiger partial charge in [-0.05, 0) is 45.6 Å². The average Bonchev–Trinajstić information content (AvgIpc) is 2.49. The van der Waals surface area contributed by atoms with Crippen LogP contribution >= 0.6 is 0 Å². The van der Waals surface area contributed by atoms with Gasteiger partial charge in [-0.3, -0.25) is 0 Å². The summed E-state index contributed by atoms with van der Waals surface area (Å²) in [5.41, 5.74) is 0.160. The summed E-state index contributed by atoms with van der Waals surface area (Å²) in [7, 11) is 0. The molecular formula is C18H25NO4. The maximum Gasteiger partial charge on any atom is 0.410 e. The number of phenols is 1. The number of carbonyl (C=O) groups excluding carboxylic acids is 2. The highest BCUT2D eigenvalue weighted by molar-refractivity contribution is 5.68. The first-order chi connectivity index (χ1) is 10.8. The number of likely N-dealkylation sites (tertiary alicyclic amines) is 1. The number of hydrogen-bond acceptors (Lipinski definition) is 4. The highest BCUT2D eigenvalue weighted by Gasteiger charge is 2.32. The summed E-state index contributed by atoms with van der Waals surface area (Å²) in [5.74, 6) is -0.0596. The molecule has 1 atom stereocenters. The minimum Gasteiger partial charge on any atom is -0.508 e. The number of para-hydroxylation sites is 1. The summed E-state index contributed by atoms with van der Waals surface area (Å²) >= 11 is 0.